The van der Waals surface area contributed by atoms with Crippen molar-refractivity contribution in [2.75, 3.05) is 21.3 Å². The quantitative estimate of drug-likeness (QED) is 0.784. The zero-order valence-electron chi connectivity index (χ0n) is 13.7. The van der Waals surface area contributed by atoms with Crippen LogP contribution in [-0.2, 0) is 0 Å². The molecule has 0 atom stereocenters. The van der Waals surface area contributed by atoms with Gasteiger partial charge < -0.3 is 14.2 Å². The molecule has 0 bridgehead atoms. The van der Waals surface area contributed by atoms with E-state index in [0.717, 1.165) is 28.0 Å². The van der Waals surface area contributed by atoms with Gasteiger partial charge in [0.25, 0.3) is 0 Å². The number of hydrogen-bond acceptors (Lipinski definition) is 4. The van der Waals surface area contributed by atoms with Crippen LogP contribution in [-0.4, -0.2) is 21.3 Å². The maximum absolute atomic E-state index is 9.17. The largest absolute Gasteiger partial charge is 0.497 e. The van der Waals surface area contributed by atoms with E-state index in [0.29, 0.717) is 11.5 Å². The van der Waals surface area contributed by atoms with Crippen molar-refractivity contribution in [3.63, 3.8) is 0 Å². The standard InChI is InChI=1S/C19H19NO3/c1-13-9-14(5-6-19(13)23-4)18(7-8-20)15-10-16(21-2)12-17(11-15)22-3/h5-7,9-12H,1-4H3. The summed E-state index contributed by atoms with van der Waals surface area (Å²) in [5.41, 5.74) is 3.59. The smallest absolute Gasteiger partial charge is 0.123 e. The Bertz CT molecular complexity index is 750. The van der Waals surface area contributed by atoms with Crippen LogP contribution in [0.5, 0.6) is 17.2 Å². The molecule has 0 aliphatic carbocycles. The fourth-order valence-corrected chi connectivity index (χ4v) is 2.41. The van der Waals surface area contributed by atoms with Crippen molar-refractivity contribution >= 4 is 5.57 Å². The van der Waals surface area contributed by atoms with Gasteiger partial charge in [-0.2, -0.15) is 5.26 Å². The fraction of sp³-hybridized carbons (Fsp3) is 0.211. The van der Waals surface area contributed by atoms with Gasteiger partial charge >= 0.3 is 0 Å². The van der Waals surface area contributed by atoms with Gasteiger partial charge in [-0.25, -0.2) is 0 Å². The van der Waals surface area contributed by atoms with Gasteiger partial charge in [-0.05, 0) is 53.5 Å². The highest BCUT2D eigenvalue weighted by Gasteiger charge is 2.11. The summed E-state index contributed by atoms with van der Waals surface area (Å²) >= 11 is 0. The zero-order valence-corrected chi connectivity index (χ0v) is 13.7. The van der Waals surface area contributed by atoms with Crippen LogP contribution in [0.25, 0.3) is 5.57 Å². The summed E-state index contributed by atoms with van der Waals surface area (Å²) in [7, 11) is 4.84. The van der Waals surface area contributed by atoms with Crippen molar-refractivity contribution in [3.8, 4) is 23.3 Å². The molecular weight excluding hydrogens is 290 g/mol. The first-order valence-electron chi connectivity index (χ1n) is 7.11. The minimum Gasteiger partial charge on any atom is -0.497 e. The first-order chi connectivity index (χ1) is 11.1. The molecule has 0 saturated carbocycles. The number of aryl methyl sites for hydroxylation is 1. The molecule has 0 saturated heterocycles. The fourth-order valence-electron chi connectivity index (χ4n) is 2.41. The maximum atomic E-state index is 9.17. The minimum absolute atomic E-state index is 0.674. The topological polar surface area (TPSA) is 51.5 Å². The molecule has 0 N–H and O–H groups in total. The molecule has 4 nitrogen and oxygen atoms in total. The summed E-state index contributed by atoms with van der Waals surface area (Å²) in [5, 5.41) is 9.17. The van der Waals surface area contributed by atoms with E-state index >= 15 is 0 Å². The van der Waals surface area contributed by atoms with Crippen LogP contribution in [0, 0.1) is 18.3 Å². The molecule has 0 amide bonds. The van der Waals surface area contributed by atoms with Gasteiger partial charge in [-0.15, -0.1) is 0 Å². The molecule has 0 unspecified atom stereocenters. The lowest BCUT2D eigenvalue weighted by Crippen LogP contribution is -1.94. The molecule has 0 aliphatic rings. The molecule has 0 fully saturated rings. The third-order valence-corrected chi connectivity index (χ3v) is 3.58. The molecule has 0 spiro atoms. The summed E-state index contributed by atoms with van der Waals surface area (Å²) < 4.78 is 15.9. The van der Waals surface area contributed by atoms with Gasteiger partial charge in [0.15, 0.2) is 0 Å². The van der Waals surface area contributed by atoms with Gasteiger partial charge in [-0.1, -0.05) is 6.07 Å². The van der Waals surface area contributed by atoms with Crippen LogP contribution in [0.15, 0.2) is 42.5 Å². The van der Waals surface area contributed by atoms with Crippen LogP contribution in [0.2, 0.25) is 0 Å². The molecule has 0 aliphatic heterocycles. The van der Waals surface area contributed by atoms with Crippen molar-refractivity contribution in [3.05, 3.63) is 59.2 Å². The molecule has 0 heterocycles. The van der Waals surface area contributed by atoms with E-state index in [4.69, 9.17) is 19.5 Å². The zero-order chi connectivity index (χ0) is 16.8. The van der Waals surface area contributed by atoms with Crippen molar-refractivity contribution in [1.29, 1.82) is 5.26 Å². The molecular formula is C19H19NO3. The molecule has 2 aromatic carbocycles. The summed E-state index contributed by atoms with van der Waals surface area (Å²) in [5.74, 6) is 2.16. The van der Waals surface area contributed by atoms with Gasteiger partial charge in [0.1, 0.15) is 17.2 Å². The number of nitrogens with zero attached hydrogens (tertiary/aromatic N) is 1. The van der Waals surface area contributed by atoms with Gasteiger partial charge in [0.05, 0.1) is 27.4 Å². The lowest BCUT2D eigenvalue weighted by atomic mass is 9.95. The Labute approximate surface area is 136 Å². The average molecular weight is 309 g/mol. The third kappa shape index (κ3) is 3.64. The van der Waals surface area contributed by atoms with Crippen LogP contribution in [0.3, 0.4) is 0 Å². The Morgan fingerprint density at radius 1 is 0.913 bits per heavy atom. The Morgan fingerprint density at radius 3 is 2.04 bits per heavy atom. The van der Waals surface area contributed by atoms with E-state index in [2.05, 4.69) is 6.07 Å². The maximum Gasteiger partial charge on any atom is 0.123 e. The minimum atomic E-state index is 0.674. The lowest BCUT2D eigenvalue weighted by Gasteiger charge is -2.13. The van der Waals surface area contributed by atoms with Crippen molar-refractivity contribution in [2.24, 2.45) is 0 Å². The highest BCUT2D eigenvalue weighted by atomic mass is 16.5. The second-order valence-electron chi connectivity index (χ2n) is 4.97. The molecule has 2 aromatic rings. The Balaban J connectivity index is 2.58. The van der Waals surface area contributed by atoms with Gasteiger partial charge in [-0.3, -0.25) is 0 Å². The molecule has 4 heteroatoms. The number of nitriles is 1. The number of allylic oxidation sites excluding steroid dienone is 1. The van der Waals surface area contributed by atoms with E-state index in [9.17, 15) is 0 Å². The molecule has 0 aromatic heterocycles. The van der Waals surface area contributed by atoms with E-state index < -0.39 is 0 Å². The van der Waals surface area contributed by atoms with Gasteiger partial charge in [0, 0.05) is 12.1 Å². The number of ether oxygens (including phenoxy) is 3. The van der Waals surface area contributed by atoms with E-state index in [1.54, 1.807) is 27.4 Å². The van der Waals surface area contributed by atoms with Crippen LogP contribution < -0.4 is 14.2 Å². The summed E-state index contributed by atoms with van der Waals surface area (Å²) in [4.78, 5) is 0. The Hall–Kier alpha value is -2.93. The number of benzene rings is 2. The highest BCUT2D eigenvalue weighted by Crippen LogP contribution is 2.32. The number of hydrogen-bond donors (Lipinski definition) is 0. The third-order valence-electron chi connectivity index (χ3n) is 3.58. The van der Waals surface area contributed by atoms with Crippen molar-refractivity contribution < 1.29 is 14.2 Å². The van der Waals surface area contributed by atoms with Crippen molar-refractivity contribution in [1.82, 2.24) is 0 Å². The van der Waals surface area contributed by atoms with Crippen molar-refractivity contribution in [2.45, 2.75) is 6.92 Å². The first-order valence-corrected chi connectivity index (χ1v) is 7.11. The SMILES string of the molecule is COc1cc(OC)cc(C(=CC#N)c2ccc(OC)c(C)c2)c1. The van der Waals surface area contributed by atoms with Crippen LogP contribution in [0.1, 0.15) is 16.7 Å². The molecule has 0 radical (unpaired) electrons. The van der Waals surface area contributed by atoms with E-state index in [1.807, 2.05) is 37.3 Å². The second-order valence-corrected chi connectivity index (χ2v) is 4.97. The van der Waals surface area contributed by atoms with Gasteiger partial charge in [0.2, 0.25) is 0 Å². The predicted octanol–water partition coefficient (Wildman–Crippen LogP) is 3.98. The molecule has 118 valence electrons. The summed E-state index contributed by atoms with van der Waals surface area (Å²) in [6.45, 7) is 1.97. The highest BCUT2D eigenvalue weighted by molar-refractivity contribution is 5.83. The molecule has 2 rings (SSSR count). The predicted molar refractivity (Wildman–Crippen MR) is 90.0 cm³/mol. The van der Waals surface area contributed by atoms with E-state index in [-0.39, 0.29) is 0 Å². The number of methoxy groups -OCH3 is 3. The summed E-state index contributed by atoms with van der Waals surface area (Å²) in [6.07, 6.45) is 1.52. The van der Waals surface area contributed by atoms with Crippen LogP contribution >= 0.6 is 0 Å². The average Bonchev–Trinajstić information content (AvgIpc) is 2.59. The normalized spacial score (nSPS) is 10.8. The lowest BCUT2D eigenvalue weighted by molar-refractivity contribution is 0.394. The Kier molecular flexibility index (Phi) is 5.27. The first kappa shape index (κ1) is 16.4. The summed E-state index contributed by atoms with van der Waals surface area (Å²) in [6, 6.07) is 13.5. The molecule has 23 heavy (non-hydrogen) atoms. The van der Waals surface area contributed by atoms with Crippen LogP contribution in [0.4, 0.5) is 0 Å². The monoisotopic (exact) mass is 309 g/mol. The van der Waals surface area contributed by atoms with E-state index in [1.165, 1.54) is 6.08 Å². The second kappa shape index (κ2) is 7.37. The Morgan fingerprint density at radius 2 is 1.57 bits per heavy atom. The number of rotatable bonds is 5.